The van der Waals surface area contributed by atoms with Crippen molar-refractivity contribution in [2.75, 3.05) is 13.1 Å². The minimum atomic E-state index is -0.579. The highest BCUT2D eigenvalue weighted by atomic mass is 16.4. The molecule has 3 heteroatoms. The van der Waals surface area contributed by atoms with Gasteiger partial charge in [0.15, 0.2) is 0 Å². The Hall–Kier alpha value is -0.570. The van der Waals surface area contributed by atoms with Gasteiger partial charge in [0.25, 0.3) is 0 Å². The third-order valence-electron chi connectivity index (χ3n) is 4.92. The lowest BCUT2D eigenvalue weighted by Gasteiger charge is -2.40. The summed E-state index contributed by atoms with van der Waals surface area (Å²) in [6.45, 7) is 6.79. The average Bonchev–Trinajstić information content (AvgIpc) is 2.53. The third-order valence-corrected chi connectivity index (χ3v) is 4.92. The zero-order chi connectivity index (χ0) is 13.1. The Bertz CT molecular complexity index is 292. The van der Waals surface area contributed by atoms with Gasteiger partial charge in [-0.15, -0.1) is 0 Å². The molecule has 3 nitrogen and oxygen atoms in total. The van der Waals surface area contributed by atoms with Crippen molar-refractivity contribution < 1.29 is 9.90 Å². The van der Waals surface area contributed by atoms with Gasteiger partial charge in [0, 0.05) is 6.04 Å². The number of hydrogen-bond acceptors (Lipinski definition) is 2. The summed E-state index contributed by atoms with van der Waals surface area (Å²) in [7, 11) is 0. The summed E-state index contributed by atoms with van der Waals surface area (Å²) >= 11 is 0. The molecule has 1 saturated heterocycles. The largest absolute Gasteiger partial charge is 0.481 e. The van der Waals surface area contributed by atoms with Gasteiger partial charge in [-0.2, -0.15) is 0 Å². The van der Waals surface area contributed by atoms with E-state index in [-0.39, 0.29) is 12.0 Å². The van der Waals surface area contributed by atoms with E-state index in [2.05, 4.69) is 18.7 Å². The van der Waals surface area contributed by atoms with Gasteiger partial charge >= 0.3 is 5.97 Å². The van der Waals surface area contributed by atoms with Crippen LogP contribution in [-0.2, 0) is 4.79 Å². The van der Waals surface area contributed by atoms with Gasteiger partial charge in [0.2, 0.25) is 0 Å². The normalized spacial score (nSPS) is 39.2. The summed E-state index contributed by atoms with van der Waals surface area (Å²) in [6, 6.07) is 0.288. The molecule has 0 bridgehead atoms. The highest BCUT2D eigenvalue weighted by molar-refractivity contribution is 5.71. The summed E-state index contributed by atoms with van der Waals surface area (Å²) in [4.78, 5) is 13.9. The Morgan fingerprint density at radius 2 is 1.83 bits per heavy atom. The molecule has 0 aromatic heterocycles. The summed E-state index contributed by atoms with van der Waals surface area (Å²) in [6.07, 6.45) is 6.79. The van der Waals surface area contributed by atoms with Crippen molar-refractivity contribution in [3.05, 3.63) is 0 Å². The van der Waals surface area contributed by atoms with Crippen LogP contribution in [0.4, 0.5) is 0 Å². The van der Waals surface area contributed by atoms with Gasteiger partial charge in [-0.25, -0.2) is 0 Å². The molecule has 4 unspecified atom stereocenters. The minimum Gasteiger partial charge on any atom is -0.481 e. The standard InChI is InChI=1S/C15H27NO2/c1-11-4-3-8-16(9-7-11)14-10-12(2)5-6-13(14)15(17)18/h11-14H,3-10H2,1-2H3,(H,17,18). The second-order valence-corrected chi connectivity index (χ2v) is 6.50. The molecule has 2 aliphatic rings. The first-order chi connectivity index (χ1) is 8.58. The van der Waals surface area contributed by atoms with Crippen LogP contribution in [0.5, 0.6) is 0 Å². The van der Waals surface area contributed by atoms with E-state index in [0.29, 0.717) is 5.92 Å². The fraction of sp³-hybridized carbons (Fsp3) is 0.933. The number of likely N-dealkylation sites (tertiary alicyclic amines) is 1. The zero-order valence-electron chi connectivity index (χ0n) is 11.8. The lowest BCUT2D eigenvalue weighted by molar-refractivity contribution is -0.146. The summed E-state index contributed by atoms with van der Waals surface area (Å²) in [5.74, 6) is 0.782. The van der Waals surface area contributed by atoms with Crippen molar-refractivity contribution in [3.8, 4) is 0 Å². The Morgan fingerprint density at radius 1 is 1.06 bits per heavy atom. The fourth-order valence-corrected chi connectivity index (χ4v) is 3.66. The molecule has 1 N–H and O–H groups in total. The molecular weight excluding hydrogens is 226 g/mol. The maximum absolute atomic E-state index is 11.4. The molecule has 1 heterocycles. The van der Waals surface area contributed by atoms with Crippen LogP contribution in [-0.4, -0.2) is 35.1 Å². The molecule has 0 aromatic rings. The minimum absolute atomic E-state index is 0.130. The van der Waals surface area contributed by atoms with E-state index in [1.54, 1.807) is 0 Å². The number of hydrogen-bond donors (Lipinski definition) is 1. The second-order valence-electron chi connectivity index (χ2n) is 6.50. The Morgan fingerprint density at radius 3 is 2.56 bits per heavy atom. The van der Waals surface area contributed by atoms with Crippen LogP contribution in [0.3, 0.4) is 0 Å². The molecule has 104 valence electrons. The van der Waals surface area contributed by atoms with Crippen LogP contribution < -0.4 is 0 Å². The number of nitrogens with zero attached hydrogens (tertiary/aromatic N) is 1. The Balaban J connectivity index is 2.04. The highest BCUT2D eigenvalue weighted by Crippen LogP contribution is 2.34. The SMILES string of the molecule is CC1CCCN(C2CC(C)CCC2C(=O)O)CC1. The van der Waals surface area contributed by atoms with Crippen LogP contribution in [0.1, 0.15) is 52.4 Å². The number of carboxylic acid groups (broad SMARTS) is 1. The molecule has 0 aromatic carbocycles. The topological polar surface area (TPSA) is 40.5 Å². The molecule has 4 atom stereocenters. The van der Waals surface area contributed by atoms with E-state index in [0.717, 1.165) is 38.3 Å². The smallest absolute Gasteiger partial charge is 0.308 e. The van der Waals surface area contributed by atoms with Gasteiger partial charge in [0.1, 0.15) is 0 Å². The van der Waals surface area contributed by atoms with Crippen LogP contribution in [0.2, 0.25) is 0 Å². The molecule has 1 aliphatic heterocycles. The maximum atomic E-state index is 11.4. The van der Waals surface area contributed by atoms with Crippen molar-refractivity contribution in [1.29, 1.82) is 0 Å². The van der Waals surface area contributed by atoms with Gasteiger partial charge in [0.05, 0.1) is 5.92 Å². The van der Waals surface area contributed by atoms with Gasteiger partial charge < -0.3 is 5.11 Å². The van der Waals surface area contributed by atoms with Crippen molar-refractivity contribution in [2.24, 2.45) is 17.8 Å². The fourth-order valence-electron chi connectivity index (χ4n) is 3.66. The van der Waals surface area contributed by atoms with Crippen molar-refractivity contribution >= 4 is 5.97 Å². The number of carbonyl (C=O) groups is 1. The monoisotopic (exact) mass is 253 g/mol. The summed E-state index contributed by atoms with van der Waals surface area (Å²) in [5, 5.41) is 9.42. The van der Waals surface area contributed by atoms with Crippen LogP contribution in [0.25, 0.3) is 0 Å². The van der Waals surface area contributed by atoms with E-state index in [9.17, 15) is 9.90 Å². The predicted molar refractivity (Wildman–Crippen MR) is 72.5 cm³/mol. The van der Waals surface area contributed by atoms with Gasteiger partial charge in [-0.3, -0.25) is 9.69 Å². The number of carboxylic acids is 1. The maximum Gasteiger partial charge on any atom is 0.308 e. The second kappa shape index (κ2) is 6.05. The first kappa shape index (κ1) is 13.9. The van der Waals surface area contributed by atoms with Crippen LogP contribution >= 0.6 is 0 Å². The van der Waals surface area contributed by atoms with Crippen LogP contribution in [0, 0.1) is 17.8 Å². The Kier molecular flexibility index (Phi) is 4.66. The summed E-state index contributed by atoms with van der Waals surface area (Å²) < 4.78 is 0. The van der Waals surface area contributed by atoms with Crippen molar-refractivity contribution in [1.82, 2.24) is 4.90 Å². The van der Waals surface area contributed by atoms with E-state index < -0.39 is 5.97 Å². The Labute approximate surface area is 111 Å². The van der Waals surface area contributed by atoms with E-state index in [4.69, 9.17) is 0 Å². The predicted octanol–water partition coefficient (Wildman–Crippen LogP) is 3.00. The van der Waals surface area contributed by atoms with E-state index in [1.807, 2.05) is 0 Å². The molecule has 0 spiro atoms. The molecule has 2 rings (SSSR count). The molecule has 2 fully saturated rings. The van der Waals surface area contributed by atoms with Crippen molar-refractivity contribution in [2.45, 2.75) is 58.4 Å². The molecule has 1 saturated carbocycles. The van der Waals surface area contributed by atoms with Crippen molar-refractivity contribution in [3.63, 3.8) is 0 Å². The van der Waals surface area contributed by atoms with Gasteiger partial charge in [-0.05, 0) is 63.5 Å². The molecule has 0 radical (unpaired) electrons. The van der Waals surface area contributed by atoms with E-state index >= 15 is 0 Å². The molecule has 18 heavy (non-hydrogen) atoms. The lowest BCUT2D eigenvalue weighted by atomic mass is 9.78. The highest BCUT2D eigenvalue weighted by Gasteiger charge is 2.37. The molecular formula is C15H27NO2. The first-order valence-corrected chi connectivity index (χ1v) is 7.54. The zero-order valence-corrected chi connectivity index (χ0v) is 11.8. The average molecular weight is 253 g/mol. The number of rotatable bonds is 2. The molecule has 0 amide bonds. The van der Waals surface area contributed by atoms with E-state index in [1.165, 1.54) is 19.3 Å². The first-order valence-electron chi connectivity index (χ1n) is 7.54. The lowest BCUT2D eigenvalue weighted by Crippen LogP contribution is -2.47. The number of aliphatic carboxylic acids is 1. The third kappa shape index (κ3) is 3.25. The van der Waals surface area contributed by atoms with Crippen LogP contribution in [0.15, 0.2) is 0 Å². The molecule has 1 aliphatic carbocycles. The summed E-state index contributed by atoms with van der Waals surface area (Å²) in [5.41, 5.74) is 0. The van der Waals surface area contributed by atoms with Gasteiger partial charge in [-0.1, -0.05) is 13.8 Å². The quantitative estimate of drug-likeness (QED) is 0.822.